The third-order valence-electron chi connectivity index (χ3n) is 6.26. The van der Waals surface area contributed by atoms with Crippen LogP contribution in [0.1, 0.15) is 18.4 Å². The highest BCUT2D eigenvalue weighted by molar-refractivity contribution is 5.72. The molecule has 8 heteroatoms. The smallest absolute Gasteiger partial charge is 0.245 e. The highest BCUT2D eigenvalue weighted by Crippen LogP contribution is 2.32. The zero-order chi connectivity index (χ0) is 23.5. The number of ether oxygens (including phenoxy) is 2. The second-order valence-electron chi connectivity index (χ2n) is 8.50. The standard InChI is InChI=1S/C26H29N5O3/c1-33-24-6-4-3-5-21(24)23-10-8-19-16-27-26(29-31(19)23)28-22-9-7-18(15-25(22)34-2)17-30-13-11-20(32)12-14-30/h3-10,15-16,20,32H,11-14,17H2,1-2H3,(H,28,29). The number of likely N-dealkylation sites (tertiary alicyclic amines) is 1. The number of nitrogens with zero attached hydrogens (tertiary/aromatic N) is 4. The fourth-order valence-corrected chi connectivity index (χ4v) is 4.41. The Bertz CT molecular complexity index is 1280. The molecule has 176 valence electrons. The molecule has 8 nitrogen and oxygen atoms in total. The molecule has 1 saturated heterocycles. The molecule has 34 heavy (non-hydrogen) atoms. The molecule has 0 unspecified atom stereocenters. The van der Waals surface area contributed by atoms with Gasteiger partial charge in [0, 0.05) is 25.2 Å². The average molecular weight is 460 g/mol. The van der Waals surface area contributed by atoms with Crippen LogP contribution in [0, 0.1) is 0 Å². The lowest BCUT2D eigenvalue weighted by Gasteiger charge is -2.29. The van der Waals surface area contributed by atoms with Crippen molar-refractivity contribution in [3.05, 3.63) is 66.4 Å². The van der Waals surface area contributed by atoms with Crippen LogP contribution in [0.3, 0.4) is 0 Å². The van der Waals surface area contributed by atoms with Crippen molar-refractivity contribution in [2.75, 3.05) is 32.6 Å². The zero-order valence-corrected chi connectivity index (χ0v) is 19.4. The second-order valence-corrected chi connectivity index (χ2v) is 8.50. The van der Waals surface area contributed by atoms with E-state index in [1.807, 2.05) is 53.0 Å². The molecule has 2 aromatic carbocycles. The topological polar surface area (TPSA) is 84.2 Å². The van der Waals surface area contributed by atoms with Gasteiger partial charge in [0.2, 0.25) is 5.95 Å². The van der Waals surface area contributed by atoms with Crippen LogP contribution in [0.4, 0.5) is 11.6 Å². The number of aromatic nitrogens is 3. The molecule has 5 rings (SSSR count). The van der Waals surface area contributed by atoms with Gasteiger partial charge in [0.05, 0.1) is 43.4 Å². The lowest BCUT2D eigenvalue weighted by atomic mass is 10.1. The van der Waals surface area contributed by atoms with E-state index >= 15 is 0 Å². The van der Waals surface area contributed by atoms with Gasteiger partial charge in [0.15, 0.2) is 0 Å². The highest BCUT2D eigenvalue weighted by Gasteiger charge is 2.18. The molecule has 0 amide bonds. The maximum Gasteiger partial charge on any atom is 0.245 e. The summed E-state index contributed by atoms with van der Waals surface area (Å²) in [6, 6.07) is 18.0. The quantitative estimate of drug-likeness (QED) is 0.430. The average Bonchev–Trinajstić information content (AvgIpc) is 3.29. The van der Waals surface area contributed by atoms with Gasteiger partial charge in [-0.15, -0.1) is 5.10 Å². The number of rotatable bonds is 7. The van der Waals surface area contributed by atoms with Crippen molar-refractivity contribution < 1.29 is 14.6 Å². The van der Waals surface area contributed by atoms with Gasteiger partial charge in [-0.1, -0.05) is 18.2 Å². The number of nitrogens with one attached hydrogen (secondary N) is 1. The molecule has 3 heterocycles. The predicted octanol–water partition coefficient (Wildman–Crippen LogP) is 4.11. The van der Waals surface area contributed by atoms with Gasteiger partial charge in [-0.2, -0.15) is 0 Å². The van der Waals surface area contributed by atoms with E-state index in [0.29, 0.717) is 5.95 Å². The normalized spacial score (nSPS) is 14.9. The summed E-state index contributed by atoms with van der Waals surface area (Å²) in [4.78, 5) is 6.85. The van der Waals surface area contributed by atoms with Crippen LogP contribution in [-0.2, 0) is 6.54 Å². The molecule has 0 saturated carbocycles. The van der Waals surface area contributed by atoms with Crippen molar-refractivity contribution in [1.82, 2.24) is 19.5 Å². The summed E-state index contributed by atoms with van der Waals surface area (Å²) >= 11 is 0. The number of anilines is 2. The van der Waals surface area contributed by atoms with E-state index in [2.05, 4.69) is 21.3 Å². The SMILES string of the molecule is COc1cc(CN2CCC(O)CC2)ccc1Nc1ncc2ccc(-c3ccccc3OC)n2n1. The molecule has 1 aliphatic rings. The molecular formula is C26H29N5O3. The summed E-state index contributed by atoms with van der Waals surface area (Å²) in [6.07, 6.45) is 3.28. The Balaban J connectivity index is 1.39. The van der Waals surface area contributed by atoms with Crippen molar-refractivity contribution in [2.24, 2.45) is 0 Å². The molecule has 4 aromatic rings. The van der Waals surface area contributed by atoms with Crippen LogP contribution < -0.4 is 14.8 Å². The van der Waals surface area contributed by atoms with Crippen LogP contribution in [0.15, 0.2) is 60.8 Å². The number of para-hydroxylation sites is 1. The number of methoxy groups -OCH3 is 2. The molecule has 0 aliphatic carbocycles. The van der Waals surface area contributed by atoms with Crippen molar-refractivity contribution in [3.63, 3.8) is 0 Å². The first-order valence-corrected chi connectivity index (χ1v) is 11.5. The number of benzene rings is 2. The van der Waals surface area contributed by atoms with E-state index in [-0.39, 0.29) is 6.10 Å². The molecule has 0 radical (unpaired) electrons. The Morgan fingerprint density at radius 3 is 2.59 bits per heavy atom. The molecule has 1 aliphatic heterocycles. The maximum atomic E-state index is 9.74. The van der Waals surface area contributed by atoms with Gasteiger partial charge in [-0.05, 0) is 54.8 Å². The molecule has 2 N–H and O–H groups in total. The van der Waals surface area contributed by atoms with E-state index in [0.717, 1.165) is 66.4 Å². The first-order chi connectivity index (χ1) is 16.6. The second kappa shape index (κ2) is 9.70. The van der Waals surface area contributed by atoms with E-state index in [1.54, 1.807) is 20.4 Å². The third-order valence-corrected chi connectivity index (χ3v) is 6.26. The minimum atomic E-state index is -0.168. The molecule has 1 fully saturated rings. The lowest BCUT2D eigenvalue weighted by Crippen LogP contribution is -2.35. The summed E-state index contributed by atoms with van der Waals surface area (Å²) in [7, 11) is 3.33. The molecule has 0 spiro atoms. The van der Waals surface area contributed by atoms with Crippen LogP contribution in [0.25, 0.3) is 16.8 Å². The summed E-state index contributed by atoms with van der Waals surface area (Å²) in [5.41, 5.74) is 4.73. The summed E-state index contributed by atoms with van der Waals surface area (Å²) < 4.78 is 13.1. The number of aliphatic hydroxyl groups excluding tert-OH is 1. The lowest BCUT2D eigenvalue weighted by molar-refractivity contribution is 0.0792. The summed E-state index contributed by atoms with van der Waals surface area (Å²) in [5.74, 6) is 1.99. The van der Waals surface area contributed by atoms with Gasteiger partial charge in [-0.3, -0.25) is 4.90 Å². The van der Waals surface area contributed by atoms with E-state index in [4.69, 9.17) is 14.6 Å². The minimum absolute atomic E-state index is 0.168. The van der Waals surface area contributed by atoms with E-state index in [1.165, 1.54) is 5.56 Å². The largest absolute Gasteiger partial charge is 0.496 e. The fraction of sp³-hybridized carbons (Fsp3) is 0.308. The minimum Gasteiger partial charge on any atom is -0.496 e. The van der Waals surface area contributed by atoms with Crippen LogP contribution in [-0.4, -0.2) is 58.0 Å². The Morgan fingerprint density at radius 1 is 1.00 bits per heavy atom. The number of hydrogen-bond donors (Lipinski definition) is 2. The monoisotopic (exact) mass is 459 g/mol. The predicted molar refractivity (Wildman–Crippen MR) is 132 cm³/mol. The zero-order valence-electron chi connectivity index (χ0n) is 19.4. The van der Waals surface area contributed by atoms with Gasteiger partial charge in [-0.25, -0.2) is 9.50 Å². The summed E-state index contributed by atoms with van der Waals surface area (Å²) in [6.45, 7) is 2.64. The maximum absolute atomic E-state index is 9.74. The molecule has 0 bridgehead atoms. The fourth-order valence-electron chi connectivity index (χ4n) is 4.41. The van der Waals surface area contributed by atoms with Crippen LogP contribution >= 0.6 is 0 Å². The number of fused-ring (bicyclic) bond motifs is 1. The number of aliphatic hydroxyl groups is 1. The number of hydrogen-bond acceptors (Lipinski definition) is 7. The van der Waals surface area contributed by atoms with Crippen molar-refractivity contribution in [3.8, 4) is 22.8 Å². The van der Waals surface area contributed by atoms with Gasteiger partial charge >= 0.3 is 0 Å². The first-order valence-electron chi connectivity index (χ1n) is 11.5. The Labute approximate surface area is 198 Å². The Hall–Kier alpha value is -3.62. The van der Waals surface area contributed by atoms with Gasteiger partial charge in [0.1, 0.15) is 11.5 Å². The van der Waals surface area contributed by atoms with E-state index in [9.17, 15) is 5.11 Å². The highest BCUT2D eigenvalue weighted by atomic mass is 16.5. The molecular weight excluding hydrogens is 430 g/mol. The summed E-state index contributed by atoms with van der Waals surface area (Å²) in [5, 5.41) is 17.8. The van der Waals surface area contributed by atoms with E-state index < -0.39 is 0 Å². The molecule has 2 aromatic heterocycles. The van der Waals surface area contributed by atoms with Gasteiger partial charge < -0.3 is 19.9 Å². The Kier molecular flexibility index (Phi) is 6.33. The van der Waals surface area contributed by atoms with Crippen molar-refractivity contribution in [2.45, 2.75) is 25.5 Å². The van der Waals surface area contributed by atoms with Crippen molar-refractivity contribution in [1.29, 1.82) is 0 Å². The number of piperidine rings is 1. The molecule has 0 atom stereocenters. The van der Waals surface area contributed by atoms with Crippen LogP contribution in [0.2, 0.25) is 0 Å². The third kappa shape index (κ3) is 4.55. The van der Waals surface area contributed by atoms with Crippen LogP contribution in [0.5, 0.6) is 11.5 Å². The van der Waals surface area contributed by atoms with Gasteiger partial charge in [0.25, 0.3) is 0 Å². The first kappa shape index (κ1) is 22.2. The Morgan fingerprint density at radius 2 is 1.79 bits per heavy atom. The van der Waals surface area contributed by atoms with Crippen molar-refractivity contribution >= 4 is 17.2 Å².